The summed E-state index contributed by atoms with van der Waals surface area (Å²) >= 11 is 0. The number of hydrogen-bond donors (Lipinski definition) is 1. The van der Waals surface area contributed by atoms with E-state index in [1.807, 2.05) is 54.6 Å². The van der Waals surface area contributed by atoms with Crippen LogP contribution in [0.4, 0.5) is 0 Å². The monoisotopic (exact) mass is 283 g/mol. The summed E-state index contributed by atoms with van der Waals surface area (Å²) in [7, 11) is 1.62. The second-order valence-corrected chi connectivity index (χ2v) is 5.12. The van der Waals surface area contributed by atoms with Crippen LogP contribution in [0.3, 0.4) is 0 Å². The van der Waals surface area contributed by atoms with Gasteiger partial charge in [0, 0.05) is 18.9 Å². The van der Waals surface area contributed by atoms with Crippen molar-refractivity contribution in [3.63, 3.8) is 0 Å². The fourth-order valence-corrected chi connectivity index (χ4v) is 2.28. The smallest absolute Gasteiger partial charge is 0.137 e. The van der Waals surface area contributed by atoms with Crippen molar-refractivity contribution in [3.8, 4) is 5.75 Å². The maximum atomic E-state index is 12.1. The molecule has 21 heavy (non-hydrogen) atoms. The van der Waals surface area contributed by atoms with Crippen LogP contribution in [0.15, 0.2) is 54.6 Å². The van der Waals surface area contributed by atoms with Crippen LogP contribution in [0.2, 0.25) is 0 Å². The highest BCUT2D eigenvalue weighted by Crippen LogP contribution is 2.17. The van der Waals surface area contributed by atoms with Crippen molar-refractivity contribution in [2.75, 3.05) is 7.11 Å². The van der Waals surface area contributed by atoms with Crippen LogP contribution in [-0.2, 0) is 11.2 Å². The number of ether oxygens (including phenoxy) is 1. The van der Waals surface area contributed by atoms with Gasteiger partial charge in [0.05, 0.1) is 7.11 Å². The van der Waals surface area contributed by atoms with Gasteiger partial charge in [-0.3, -0.25) is 4.79 Å². The number of carbonyl (C=O) groups is 1. The average molecular weight is 283 g/mol. The van der Waals surface area contributed by atoms with Gasteiger partial charge in [0.2, 0.25) is 0 Å². The maximum absolute atomic E-state index is 12.1. The SMILES string of the molecule is COc1cccc(CC(=O)CCC(N)c2ccccc2)c1. The van der Waals surface area contributed by atoms with E-state index < -0.39 is 0 Å². The minimum Gasteiger partial charge on any atom is -0.497 e. The normalized spacial score (nSPS) is 11.9. The molecule has 1 unspecified atom stereocenters. The van der Waals surface area contributed by atoms with Crippen LogP contribution >= 0.6 is 0 Å². The van der Waals surface area contributed by atoms with Gasteiger partial charge in [-0.1, -0.05) is 42.5 Å². The Kier molecular flexibility index (Phi) is 5.52. The van der Waals surface area contributed by atoms with Crippen LogP contribution in [0.1, 0.15) is 30.0 Å². The molecule has 0 fully saturated rings. The molecule has 2 rings (SSSR count). The number of hydrogen-bond acceptors (Lipinski definition) is 3. The van der Waals surface area contributed by atoms with Crippen molar-refractivity contribution in [2.45, 2.75) is 25.3 Å². The summed E-state index contributed by atoms with van der Waals surface area (Å²) in [6.45, 7) is 0. The molecule has 0 saturated carbocycles. The molecule has 2 N–H and O–H groups in total. The van der Waals surface area contributed by atoms with E-state index in [0.717, 1.165) is 16.9 Å². The van der Waals surface area contributed by atoms with Gasteiger partial charge in [-0.05, 0) is 29.7 Å². The van der Waals surface area contributed by atoms with Crippen LogP contribution in [0.5, 0.6) is 5.75 Å². The molecule has 0 heterocycles. The Balaban J connectivity index is 1.84. The summed E-state index contributed by atoms with van der Waals surface area (Å²) in [6, 6.07) is 17.4. The molecule has 0 aliphatic heterocycles. The molecule has 0 amide bonds. The summed E-state index contributed by atoms with van der Waals surface area (Å²) < 4.78 is 5.16. The molecule has 110 valence electrons. The lowest BCUT2D eigenvalue weighted by molar-refractivity contribution is -0.118. The van der Waals surface area contributed by atoms with E-state index in [-0.39, 0.29) is 11.8 Å². The van der Waals surface area contributed by atoms with Crippen molar-refractivity contribution in [2.24, 2.45) is 5.73 Å². The Bertz CT molecular complexity index is 581. The van der Waals surface area contributed by atoms with E-state index in [0.29, 0.717) is 19.3 Å². The molecule has 0 aliphatic rings. The zero-order valence-corrected chi connectivity index (χ0v) is 12.3. The molecule has 3 heteroatoms. The molecule has 0 aliphatic carbocycles. The Morgan fingerprint density at radius 3 is 2.62 bits per heavy atom. The highest BCUT2D eigenvalue weighted by Gasteiger charge is 2.10. The molecule has 0 radical (unpaired) electrons. The van der Waals surface area contributed by atoms with Crippen LogP contribution in [0, 0.1) is 0 Å². The molecule has 0 saturated heterocycles. The molecule has 2 aromatic carbocycles. The first-order valence-electron chi connectivity index (χ1n) is 7.14. The molecule has 3 nitrogen and oxygen atoms in total. The van der Waals surface area contributed by atoms with Crippen molar-refractivity contribution in [1.29, 1.82) is 0 Å². The van der Waals surface area contributed by atoms with Gasteiger partial charge in [0.1, 0.15) is 11.5 Å². The van der Waals surface area contributed by atoms with Gasteiger partial charge in [-0.25, -0.2) is 0 Å². The topological polar surface area (TPSA) is 52.3 Å². The van der Waals surface area contributed by atoms with E-state index in [9.17, 15) is 4.79 Å². The second kappa shape index (κ2) is 7.60. The first-order chi connectivity index (χ1) is 10.2. The zero-order valence-electron chi connectivity index (χ0n) is 12.3. The number of benzene rings is 2. The largest absolute Gasteiger partial charge is 0.497 e. The number of rotatable bonds is 7. The number of Topliss-reactive ketones (excluding diaryl/α,β-unsaturated/α-hetero) is 1. The van der Waals surface area contributed by atoms with Crippen molar-refractivity contribution >= 4 is 5.78 Å². The minimum absolute atomic E-state index is 0.0829. The van der Waals surface area contributed by atoms with E-state index in [1.54, 1.807) is 7.11 Å². The molecule has 1 atom stereocenters. The third-order valence-electron chi connectivity index (χ3n) is 3.50. The fraction of sp³-hybridized carbons (Fsp3) is 0.278. The maximum Gasteiger partial charge on any atom is 0.137 e. The minimum atomic E-state index is -0.0829. The Hall–Kier alpha value is -2.13. The highest BCUT2D eigenvalue weighted by atomic mass is 16.5. The molecule has 0 bridgehead atoms. The predicted octanol–water partition coefficient (Wildman–Crippen LogP) is 3.29. The number of carbonyl (C=O) groups excluding carboxylic acids is 1. The molecular formula is C18H21NO2. The van der Waals surface area contributed by atoms with Gasteiger partial charge >= 0.3 is 0 Å². The summed E-state index contributed by atoms with van der Waals surface area (Å²) in [4.78, 5) is 12.1. The number of ketones is 1. The Labute approximate surface area is 125 Å². The lowest BCUT2D eigenvalue weighted by Crippen LogP contribution is -2.13. The summed E-state index contributed by atoms with van der Waals surface area (Å²) in [6.07, 6.45) is 1.60. The standard InChI is InChI=1S/C18H21NO2/c1-21-17-9-5-6-14(13-17)12-16(20)10-11-18(19)15-7-3-2-4-8-15/h2-9,13,18H,10-12,19H2,1H3. The van der Waals surface area contributed by atoms with Crippen molar-refractivity contribution in [3.05, 3.63) is 65.7 Å². The number of methoxy groups -OCH3 is 1. The summed E-state index contributed by atoms with van der Waals surface area (Å²) in [5, 5.41) is 0. The van der Waals surface area contributed by atoms with Crippen molar-refractivity contribution < 1.29 is 9.53 Å². The second-order valence-electron chi connectivity index (χ2n) is 5.12. The van der Waals surface area contributed by atoms with Gasteiger partial charge in [0.15, 0.2) is 0 Å². The van der Waals surface area contributed by atoms with Crippen LogP contribution in [-0.4, -0.2) is 12.9 Å². The number of nitrogens with two attached hydrogens (primary N) is 1. The van der Waals surface area contributed by atoms with Gasteiger partial charge < -0.3 is 10.5 Å². The van der Waals surface area contributed by atoms with Crippen LogP contribution < -0.4 is 10.5 Å². The summed E-state index contributed by atoms with van der Waals surface area (Å²) in [5.74, 6) is 0.982. The third-order valence-corrected chi connectivity index (χ3v) is 3.50. The molecule has 2 aromatic rings. The van der Waals surface area contributed by atoms with E-state index in [1.165, 1.54) is 0 Å². The average Bonchev–Trinajstić information content (AvgIpc) is 2.53. The Morgan fingerprint density at radius 2 is 1.90 bits per heavy atom. The van der Waals surface area contributed by atoms with E-state index >= 15 is 0 Å². The molecule has 0 spiro atoms. The molecule has 0 aromatic heterocycles. The van der Waals surface area contributed by atoms with E-state index in [4.69, 9.17) is 10.5 Å². The molecular weight excluding hydrogens is 262 g/mol. The zero-order chi connectivity index (χ0) is 15.1. The fourth-order valence-electron chi connectivity index (χ4n) is 2.28. The quantitative estimate of drug-likeness (QED) is 0.848. The van der Waals surface area contributed by atoms with Gasteiger partial charge in [0.25, 0.3) is 0 Å². The Morgan fingerprint density at radius 1 is 1.14 bits per heavy atom. The lowest BCUT2D eigenvalue weighted by Gasteiger charge is -2.11. The highest BCUT2D eigenvalue weighted by molar-refractivity contribution is 5.81. The lowest BCUT2D eigenvalue weighted by atomic mass is 9.99. The van der Waals surface area contributed by atoms with Gasteiger partial charge in [-0.15, -0.1) is 0 Å². The van der Waals surface area contributed by atoms with Gasteiger partial charge in [-0.2, -0.15) is 0 Å². The third kappa shape index (κ3) is 4.72. The summed E-state index contributed by atoms with van der Waals surface area (Å²) in [5.41, 5.74) is 8.17. The van der Waals surface area contributed by atoms with Crippen LogP contribution in [0.25, 0.3) is 0 Å². The van der Waals surface area contributed by atoms with E-state index in [2.05, 4.69) is 0 Å². The van der Waals surface area contributed by atoms with Crippen molar-refractivity contribution in [1.82, 2.24) is 0 Å². The predicted molar refractivity (Wildman–Crippen MR) is 84.3 cm³/mol. The first kappa shape index (κ1) is 15.3. The first-order valence-corrected chi connectivity index (χ1v) is 7.14.